The van der Waals surface area contributed by atoms with Crippen molar-refractivity contribution >= 4 is 11.9 Å². The van der Waals surface area contributed by atoms with Gasteiger partial charge in [0.2, 0.25) is 6.10 Å². The highest BCUT2D eigenvalue weighted by Crippen LogP contribution is 2.11. The van der Waals surface area contributed by atoms with Gasteiger partial charge in [0.15, 0.2) is 0 Å². The van der Waals surface area contributed by atoms with Gasteiger partial charge >= 0.3 is 11.9 Å². The Morgan fingerprint density at radius 3 is 2.44 bits per heavy atom. The van der Waals surface area contributed by atoms with Gasteiger partial charge in [0, 0.05) is 6.92 Å². The number of aliphatic carboxylic acids is 1. The molecule has 5 nitrogen and oxygen atoms in total. The third-order valence-electron chi connectivity index (χ3n) is 1.73. The molecule has 1 aromatic rings. The van der Waals surface area contributed by atoms with Crippen molar-refractivity contribution in [2.24, 2.45) is 0 Å². The number of carbonyl (C=O) groups excluding carboxylic acids is 1. The number of rotatable bonds is 5. The van der Waals surface area contributed by atoms with Crippen molar-refractivity contribution in [2.45, 2.75) is 13.0 Å². The van der Waals surface area contributed by atoms with Crippen LogP contribution >= 0.6 is 0 Å². The molecule has 1 rings (SSSR count). The van der Waals surface area contributed by atoms with Crippen molar-refractivity contribution in [2.75, 3.05) is 6.61 Å². The van der Waals surface area contributed by atoms with E-state index < -0.39 is 18.0 Å². The molecule has 0 aliphatic heterocycles. The molecule has 1 N–H and O–H groups in total. The van der Waals surface area contributed by atoms with E-state index in [-0.39, 0.29) is 6.61 Å². The Hall–Kier alpha value is -2.04. The Balaban J connectivity index is 2.58. The Labute approximate surface area is 92.6 Å². The summed E-state index contributed by atoms with van der Waals surface area (Å²) in [5.41, 5.74) is 0. The van der Waals surface area contributed by atoms with Crippen LogP contribution < -0.4 is 4.74 Å². The first-order valence-electron chi connectivity index (χ1n) is 4.67. The van der Waals surface area contributed by atoms with Crippen LogP contribution in [0.2, 0.25) is 0 Å². The van der Waals surface area contributed by atoms with Crippen LogP contribution in [-0.4, -0.2) is 29.8 Å². The van der Waals surface area contributed by atoms with E-state index in [9.17, 15) is 9.59 Å². The molecule has 0 spiro atoms. The molecule has 1 unspecified atom stereocenters. The smallest absolute Gasteiger partial charge is 0.348 e. The van der Waals surface area contributed by atoms with Gasteiger partial charge in [-0.15, -0.1) is 0 Å². The van der Waals surface area contributed by atoms with Crippen LogP contribution in [0.4, 0.5) is 0 Å². The summed E-state index contributed by atoms with van der Waals surface area (Å²) in [5, 5.41) is 8.83. The van der Waals surface area contributed by atoms with Crippen molar-refractivity contribution in [3.8, 4) is 5.75 Å². The number of benzene rings is 1. The first kappa shape index (κ1) is 12.0. The van der Waals surface area contributed by atoms with Gasteiger partial charge in [-0.25, -0.2) is 4.79 Å². The van der Waals surface area contributed by atoms with Gasteiger partial charge in [0.25, 0.3) is 0 Å². The number of para-hydroxylation sites is 1. The molecule has 0 bridgehead atoms. The number of carboxylic acids is 1. The minimum absolute atomic E-state index is 0.306. The zero-order valence-electron chi connectivity index (χ0n) is 8.75. The van der Waals surface area contributed by atoms with E-state index in [1.807, 2.05) is 0 Å². The molecule has 0 aliphatic carbocycles. The van der Waals surface area contributed by atoms with Crippen LogP contribution in [0, 0.1) is 0 Å². The highest BCUT2D eigenvalue weighted by atomic mass is 16.6. The zero-order chi connectivity index (χ0) is 12.0. The standard InChI is InChI=1S/C11H12O5/c1-8(12)15-7-10(11(13)14)16-9-5-3-2-4-6-9/h2-6,10H,7H2,1H3,(H,13,14). The van der Waals surface area contributed by atoms with E-state index in [1.165, 1.54) is 6.92 Å². The van der Waals surface area contributed by atoms with Crippen LogP contribution in [-0.2, 0) is 14.3 Å². The normalized spacial score (nSPS) is 11.6. The molecule has 0 saturated carbocycles. The summed E-state index contributed by atoms with van der Waals surface area (Å²) in [4.78, 5) is 21.4. The number of hydrogen-bond donors (Lipinski definition) is 1. The topological polar surface area (TPSA) is 72.8 Å². The lowest BCUT2D eigenvalue weighted by molar-refractivity contribution is -0.153. The molecule has 16 heavy (non-hydrogen) atoms. The van der Waals surface area contributed by atoms with Crippen LogP contribution in [0.5, 0.6) is 5.75 Å². The number of esters is 1. The predicted octanol–water partition coefficient (Wildman–Crippen LogP) is 1.08. The molecule has 0 heterocycles. The van der Waals surface area contributed by atoms with Crippen LogP contribution in [0.25, 0.3) is 0 Å². The van der Waals surface area contributed by atoms with E-state index in [0.717, 1.165) is 0 Å². The molecule has 0 amide bonds. The van der Waals surface area contributed by atoms with Gasteiger partial charge in [-0.1, -0.05) is 18.2 Å². The molecular weight excluding hydrogens is 212 g/mol. The lowest BCUT2D eigenvalue weighted by Crippen LogP contribution is -2.32. The molecule has 86 valence electrons. The average molecular weight is 224 g/mol. The van der Waals surface area contributed by atoms with Gasteiger partial charge in [-0.3, -0.25) is 4.79 Å². The average Bonchev–Trinajstić information content (AvgIpc) is 2.25. The quantitative estimate of drug-likeness (QED) is 0.757. The molecule has 0 aromatic heterocycles. The third kappa shape index (κ3) is 4.00. The maximum Gasteiger partial charge on any atom is 0.348 e. The summed E-state index contributed by atoms with van der Waals surface area (Å²) in [7, 11) is 0. The molecule has 0 saturated heterocycles. The van der Waals surface area contributed by atoms with Gasteiger partial charge < -0.3 is 14.6 Å². The second kappa shape index (κ2) is 5.75. The summed E-state index contributed by atoms with van der Waals surface area (Å²) in [6.45, 7) is 0.904. The summed E-state index contributed by atoms with van der Waals surface area (Å²) in [6.07, 6.45) is -1.19. The van der Waals surface area contributed by atoms with E-state index in [0.29, 0.717) is 5.75 Å². The number of ether oxygens (including phenoxy) is 2. The number of carboxylic acid groups (broad SMARTS) is 1. The fraction of sp³-hybridized carbons (Fsp3) is 0.273. The lowest BCUT2D eigenvalue weighted by Gasteiger charge is -2.14. The van der Waals surface area contributed by atoms with Gasteiger partial charge in [-0.05, 0) is 12.1 Å². The molecule has 0 radical (unpaired) electrons. The molecule has 5 heteroatoms. The zero-order valence-corrected chi connectivity index (χ0v) is 8.75. The molecule has 1 atom stereocenters. The monoisotopic (exact) mass is 224 g/mol. The highest BCUT2D eigenvalue weighted by Gasteiger charge is 2.20. The predicted molar refractivity (Wildman–Crippen MR) is 55.1 cm³/mol. The summed E-state index contributed by atoms with van der Waals surface area (Å²) >= 11 is 0. The Morgan fingerprint density at radius 1 is 1.31 bits per heavy atom. The number of carbonyl (C=O) groups is 2. The Bertz CT molecular complexity index is 360. The SMILES string of the molecule is CC(=O)OCC(Oc1ccccc1)C(=O)O. The fourth-order valence-corrected chi connectivity index (χ4v) is 1.01. The minimum atomic E-state index is -1.19. The summed E-state index contributed by atoms with van der Waals surface area (Å²) < 4.78 is 9.74. The fourth-order valence-electron chi connectivity index (χ4n) is 1.01. The van der Waals surface area contributed by atoms with Crippen LogP contribution in [0.3, 0.4) is 0 Å². The summed E-state index contributed by atoms with van der Waals surface area (Å²) in [5.74, 6) is -1.30. The maximum atomic E-state index is 10.8. The number of hydrogen-bond acceptors (Lipinski definition) is 4. The van der Waals surface area contributed by atoms with E-state index in [2.05, 4.69) is 4.74 Å². The minimum Gasteiger partial charge on any atom is -0.478 e. The van der Waals surface area contributed by atoms with Gasteiger partial charge in [0.05, 0.1) is 0 Å². The summed E-state index contributed by atoms with van der Waals surface area (Å²) in [6, 6.07) is 8.49. The van der Waals surface area contributed by atoms with Gasteiger partial charge in [-0.2, -0.15) is 0 Å². The second-order valence-electron chi connectivity index (χ2n) is 3.06. The van der Waals surface area contributed by atoms with Crippen molar-refractivity contribution in [3.63, 3.8) is 0 Å². The van der Waals surface area contributed by atoms with Crippen LogP contribution in [0.15, 0.2) is 30.3 Å². The molecule has 0 fully saturated rings. The molecular formula is C11H12O5. The van der Waals surface area contributed by atoms with Crippen molar-refractivity contribution in [1.29, 1.82) is 0 Å². The van der Waals surface area contributed by atoms with E-state index in [1.54, 1.807) is 30.3 Å². The lowest BCUT2D eigenvalue weighted by atomic mass is 10.3. The molecule has 0 aliphatic rings. The van der Waals surface area contributed by atoms with E-state index >= 15 is 0 Å². The van der Waals surface area contributed by atoms with Crippen molar-refractivity contribution in [1.82, 2.24) is 0 Å². The first-order valence-corrected chi connectivity index (χ1v) is 4.67. The third-order valence-corrected chi connectivity index (χ3v) is 1.73. The van der Waals surface area contributed by atoms with Crippen molar-refractivity contribution < 1.29 is 24.2 Å². The Kier molecular flexibility index (Phi) is 4.32. The molecule has 1 aromatic carbocycles. The van der Waals surface area contributed by atoms with Crippen molar-refractivity contribution in [3.05, 3.63) is 30.3 Å². The van der Waals surface area contributed by atoms with Crippen LogP contribution in [0.1, 0.15) is 6.92 Å². The first-order chi connectivity index (χ1) is 7.59. The largest absolute Gasteiger partial charge is 0.478 e. The Morgan fingerprint density at radius 2 is 1.94 bits per heavy atom. The van der Waals surface area contributed by atoms with Gasteiger partial charge in [0.1, 0.15) is 12.4 Å². The van der Waals surface area contributed by atoms with E-state index in [4.69, 9.17) is 9.84 Å². The maximum absolute atomic E-state index is 10.8. The highest BCUT2D eigenvalue weighted by molar-refractivity contribution is 5.73. The second-order valence-corrected chi connectivity index (χ2v) is 3.06.